The van der Waals surface area contributed by atoms with Crippen LogP contribution < -0.4 is 0 Å². The van der Waals surface area contributed by atoms with Crippen molar-refractivity contribution in [2.45, 2.75) is 77.6 Å². The molecule has 1 fully saturated rings. The summed E-state index contributed by atoms with van der Waals surface area (Å²) in [7, 11) is 0. The van der Waals surface area contributed by atoms with E-state index in [0.29, 0.717) is 18.1 Å². The van der Waals surface area contributed by atoms with Crippen molar-refractivity contribution >= 4 is 5.78 Å². The first kappa shape index (κ1) is 15.7. The van der Waals surface area contributed by atoms with E-state index < -0.39 is 0 Å². The Morgan fingerprint density at radius 2 is 1.44 bits per heavy atom. The average Bonchev–Trinajstić information content (AvgIpc) is 2.33. The van der Waals surface area contributed by atoms with Crippen molar-refractivity contribution in [1.82, 2.24) is 0 Å². The maximum Gasteiger partial charge on any atom is 0.133 e. The summed E-state index contributed by atoms with van der Waals surface area (Å²) in [6.45, 7) is 3.76. The van der Waals surface area contributed by atoms with Crippen molar-refractivity contribution < 1.29 is 9.53 Å². The third-order valence-electron chi connectivity index (χ3n) is 3.72. The van der Waals surface area contributed by atoms with Crippen LogP contribution in [0.3, 0.4) is 0 Å². The highest BCUT2D eigenvalue weighted by Gasteiger charge is 2.09. The molecule has 1 atom stereocenters. The SMILES string of the molecule is CC1COCCCCCCCCCCCC(=O)C1. The minimum Gasteiger partial charge on any atom is -0.381 e. The molecule has 0 radical (unpaired) electrons. The molecule has 1 aliphatic rings. The Morgan fingerprint density at radius 3 is 2.11 bits per heavy atom. The number of ether oxygens (including phenoxy) is 1. The van der Waals surface area contributed by atoms with Crippen LogP contribution in [0.25, 0.3) is 0 Å². The molecule has 0 saturated carbocycles. The lowest BCUT2D eigenvalue weighted by Gasteiger charge is -2.12. The lowest BCUT2D eigenvalue weighted by atomic mass is 10.0. The van der Waals surface area contributed by atoms with E-state index in [9.17, 15) is 4.79 Å². The van der Waals surface area contributed by atoms with Gasteiger partial charge < -0.3 is 4.74 Å². The Morgan fingerprint density at radius 1 is 0.889 bits per heavy atom. The molecule has 1 saturated heterocycles. The maximum absolute atomic E-state index is 11.7. The minimum atomic E-state index is 0.394. The fraction of sp³-hybridized carbons (Fsp3) is 0.938. The van der Waals surface area contributed by atoms with Gasteiger partial charge in [0.05, 0.1) is 0 Å². The molecule has 1 unspecified atom stereocenters. The zero-order valence-corrected chi connectivity index (χ0v) is 12.1. The normalized spacial score (nSPS) is 26.9. The van der Waals surface area contributed by atoms with Crippen LogP contribution >= 0.6 is 0 Å². The summed E-state index contributed by atoms with van der Waals surface area (Å²) in [6.07, 6.45) is 13.0. The Labute approximate surface area is 112 Å². The number of ketones is 1. The highest BCUT2D eigenvalue weighted by atomic mass is 16.5. The average molecular weight is 254 g/mol. The maximum atomic E-state index is 11.7. The van der Waals surface area contributed by atoms with E-state index in [4.69, 9.17) is 4.74 Å². The summed E-state index contributed by atoms with van der Waals surface area (Å²) >= 11 is 0. The van der Waals surface area contributed by atoms with Crippen LogP contribution in [0, 0.1) is 5.92 Å². The molecule has 1 rings (SSSR count). The molecule has 0 aromatic carbocycles. The first-order chi connectivity index (χ1) is 8.79. The highest BCUT2D eigenvalue weighted by Crippen LogP contribution is 2.13. The lowest BCUT2D eigenvalue weighted by Crippen LogP contribution is -2.12. The molecule has 0 N–H and O–H groups in total. The van der Waals surface area contributed by atoms with E-state index in [1.54, 1.807) is 0 Å². The Hall–Kier alpha value is -0.370. The van der Waals surface area contributed by atoms with Gasteiger partial charge in [0.15, 0.2) is 0 Å². The van der Waals surface area contributed by atoms with E-state index in [1.165, 1.54) is 51.4 Å². The third-order valence-corrected chi connectivity index (χ3v) is 3.72. The van der Waals surface area contributed by atoms with Gasteiger partial charge in [-0.3, -0.25) is 4.79 Å². The molecule has 0 aromatic rings. The second kappa shape index (κ2) is 10.5. The summed E-state index contributed by atoms with van der Waals surface area (Å²) in [5.41, 5.74) is 0. The van der Waals surface area contributed by atoms with Gasteiger partial charge in [-0.05, 0) is 18.8 Å². The Balaban J connectivity index is 2.21. The number of hydrogen-bond acceptors (Lipinski definition) is 2. The molecule has 1 aliphatic heterocycles. The standard InChI is InChI=1S/C16H30O2/c1-15-13-16(17)11-9-7-5-3-2-4-6-8-10-12-18-14-15/h15H,2-14H2,1H3. The lowest BCUT2D eigenvalue weighted by molar-refractivity contribution is -0.120. The van der Waals surface area contributed by atoms with E-state index in [0.717, 1.165) is 26.1 Å². The van der Waals surface area contributed by atoms with Crippen LogP contribution in [0.1, 0.15) is 77.6 Å². The topological polar surface area (TPSA) is 26.3 Å². The quantitative estimate of drug-likeness (QED) is 0.635. The summed E-state index contributed by atoms with van der Waals surface area (Å²) in [6, 6.07) is 0. The molecular formula is C16H30O2. The third kappa shape index (κ3) is 8.68. The van der Waals surface area contributed by atoms with Crippen molar-refractivity contribution in [1.29, 1.82) is 0 Å². The highest BCUT2D eigenvalue weighted by molar-refractivity contribution is 5.78. The van der Waals surface area contributed by atoms with Gasteiger partial charge in [0.1, 0.15) is 5.78 Å². The molecule has 0 bridgehead atoms. The molecule has 2 heteroatoms. The summed E-state index contributed by atoms with van der Waals surface area (Å²) < 4.78 is 5.64. The van der Waals surface area contributed by atoms with Crippen molar-refractivity contribution in [2.75, 3.05) is 13.2 Å². The second-order valence-corrected chi connectivity index (χ2v) is 5.85. The van der Waals surface area contributed by atoms with Gasteiger partial charge in [0, 0.05) is 26.1 Å². The molecule has 1 heterocycles. The Kier molecular flexibility index (Phi) is 9.19. The van der Waals surface area contributed by atoms with Gasteiger partial charge in [0.2, 0.25) is 0 Å². The van der Waals surface area contributed by atoms with Crippen molar-refractivity contribution in [3.05, 3.63) is 0 Å². The summed E-state index contributed by atoms with van der Waals surface area (Å²) in [4.78, 5) is 11.7. The largest absolute Gasteiger partial charge is 0.381 e. The fourth-order valence-electron chi connectivity index (χ4n) is 2.60. The van der Waals surface area contributed by atoms with Crippen molar-refractivity contribution in [2.24, 2.45) is 5.92 Å². The zero-order valence-electron chi connectivity index (χ0n) is 12.1. The minimum absolute atomic E-state index is 0.394. The fourth-order valence-corrected chi connectivity index (χ4v) is 2.60. The van der Waals surface area contributed by atoms with E-state index >= 15 is 0 Å². The van der Waals surface area contributed by atoms with E-state index in [-0.39, 0.29) is 0 Å². The van der Waals surface area contributed by atoms with Gasteiger partial charge in [0.25, 0.3) is 0 Å². The smallest absolute Gasteiger partial charge is 0.133 e. The molecular weight excluding hydrogens is 224 g/mol. The van der Waals surface area contributed by atoms with Crippen LogP contribution in [0.5, 0.6) is 0 Å². The number of hydrogen-bond donors (Lipinski definition) is 0. The molecule has 18 heavy (non-hydrogen) atoms. The van der Waals surface area contributed by atoms with Crippen molar-refractivity contribution in [3.8, 4) is 0 Å². The van der Waals surface area contributed by atoms with Crippen LogP contribution in [-0.4, -0.2) is 19.0 Å². The number of carbonyl (C=O) groups excluding carboxylic acids is 1. The zero-order chi connectivity index (χ0) is 13.1. The Bertz CT molecular complexity index is 213. The van der Waals surface area contributed by atoms with Crippen LogP contribution in [0.4, 0.5) is 0 Å². The van der Waals surface area contributed by atoms with E-state index in [1.807, 2.05) is 0 Å². The molecule has 2 nitrogen and oxygen atoms in total. The number of Topliss-reactive ketones (excluding diaryl/α,β-unsaturated/α-hetero) is 1. The predicted molar refractivity (Wildman–Crippen MR) is 75.8 cm³/mol. The van der Waals surface area contributed by atoms with Gasteiger partial charge in [-0.15, -0.1) is 0 Å². The molecule has 0 aliphatic carbocycles. The number of carbonyl (C=O) groups is 1. The summed E-state index contributed by atoms with van der Waals surface area (Å²) in [5, 5.41) is 0. The first-order valence-electron chi connectivity index (χ1n) is 7.88. The van der Waals surface area contributed by atoms with Crippen LogP contribution in [0.15, 0.2) is 0 Å². The monoisotopic (exact) mass is 254 g/mol. The molecule has 0 aromatic heterocycles. The summed E-state index contributed by atoms with van der Waals surface area (Å²) in [5.74, 6) is 0.823. The van der Waals surface area contributed by atoms with Gasteiger partial charge in [-0.25, -0.2) is 0 Å². The van der Waals surface area contributed by atoms with Gasteiger partial charge in [-0.1, -0.05) is 51.9 Å². The molecule has 0 amide bonds. The van der Waals surface area contributed by atoms with E-state index in [2.05, 4.69) is 6.92 Å². The first-order valence-corrected chi connectivity index (χ1v) is 7.88. The van der Waals surface area contributed by atoms with Gasteiger partial charge >= 0.3 is 0 Å². The number of rotatable bonds is 0. The predicted octanol–water partition coefficient (Wildman–Crippen LogP) is 4.51. The van der Waals surface area contributed by atoms with Gasteiger partial charge in [-0.2, -0.15) is 0 Å². The van der Waals surface area contributed by atoms with Crippen molar-refractivity contribution in [3.63, 3.8) is 0 Å². The van der Waals surface area contributed by atoms with Crippen LogP contribution in [-0.2, 0) is 9.53 Å². The second-order valence-electron chi connectivity index (χ2n) is 5.85. The van der Waals surface area contributed by atoms with Crippen LogP contribution in [0.2, 0.25) is 0 Å². The molecule has 106 valence electrons. The molecule has 0 spiro atoms.